The molecule has 0 saturated carbocycles. The van der Waals surface area contributed by atoms with Gasteiger partial charge < -0.3 is 19.7 Å². The summed E-state index contributed by atoms with van der Waals surface area (Å²) in [5.74, 6) is 1.61. The number of carbonyl (C=O) groups is 2. The minimum atomic E-state index is -0.360. The Hall–Kier alpha value is -3.06. The highest BCUT2D eigenvalue weighted by Crippen LogP contribution is 2.36. The van der Waals surface area contributed by atoms with E-state index in [0.717, 1.165) is 23.7 Å². The van der Waals surface area contributed by atoms with Gasteiger partial charge in [0.2, 0.25) is 11.8 Å². The number of hydrogen-bond acceptors (Lipinski definition) is 5. The Bertz CT molecular complexity index is 1040. The summed E-state index contributed by atoms with van der Waals surface area (Å²) in [5, 5.41) is 3.02. The molecule has 34 heavy (non-hydrogen) atoms. The van der Waals surface area contributed by atoms with Crippen molar-refractivity contribution in [1.82, 2.24) is 10.2 Å². The summed E-state index contributed by atoms with van der Waals surface area (Å²) < 4.78 is 11.2. The first-order valence-electron chi connectivity index (χ1n) is 12.3. The van der Waals surface area contributed by atoms with Crippen LogP contribution in [0.2, 0.25) is 0 Å². The Kier molecular flexibility index (Phi) is 6.72. The molecule has 2 fully saturated rings. The summed E-state index contributed by atoms with van der Waals surface area (Å²) in [6.07, 6.45) is 2.82. The molecule has 2 aromatic carbocycles. The zero-order valence-electron chi connectivity index (χ0n) is 19.8. The minimum absolute atomic E-state index is 0.0480. The van der Waals surface area contributed by atoms with E-state index < -0.39 is 0 Å². The number of fused-ring (bicyclic) bond motifs is 1. The molecule has 7 heteroatoms. The molecule has 2 atom stereocenters. The highest BCUT2D eigenvalue weighted by Gasteiger charge is 2.35. The fourth-order valence-corrected chi connectivity index (χ4v) is 5.12. The van der Waals surface area contributed by atoms with Crippen LogP contribution < -0.4 is 19.7 Å². The average Bonchev–Trinajstić information content (AvgIpc) is 3.25. The largest absolute Gasteiger partial charge is 0.486 e. The van der Waals surface area contributed by atoms with Crippen LogP contribution in [-0.2, 0) is 22.7 Å². The lowest BCUT2D eigenvalue weighted by Crippen LogP contribution is -2.33. The van der Waals surface area contributed by atoms with Gasteiger partial charge in [0, 0.05) is 44.4 Å². The first-order valence-corrected chi connectivity index (χ1v) is 12.3. The Balaban J connectivity index is 1.13. The Morgan fingerprint density at radius 3 is 2.59 bits per heavy atom. The number of amides is 2. The number of ether oxygens (including phenoxy) is 2. The van der Waals surface area contributed by atoms with E-state index in [2.05, 4.69) is 41.4 Å². The van der Waals surface area contributed by atoms with E-state index in [4.69, 9.17) is 9.47 Å². The van der Waals surface area contributed by atoms with Crippen molar-refractivity contribution in [3.8, 4) is 11.5 Å². The first-order chi connectivity index (χ1) is 16.5. The molecular formula is C27H33N3O4. The normalized spacial score (nSPS) is 22.6. The number of carbonyl (C=O) groups excluding carboxylic acids is 2. The Morgan fingerprint density at radius 1 is 1.03 bits per heavy atom. The average molecular weight is 464 g/mol. The second kappa shape index (κ2) is 10.1. The standard InChI is InChI=1S/C27H33N3O4/c1-19-3-2-10-29(16-19)17-21-6-4-20(5-7-21)15-28-27(32)22-13-26(31)30(18-22)23-8-9-24-25(14-23)34-12-11-33-24/h4-9,14,19,22H,2-3,10-13,15-18H2,1H3,(H,28,32). The predicted molar refractivity (Wildman–Crippen MR) is 130 cm³/mol. The summed E-state index contributed by atoms with van der Waals surface area (Å²) in [7, 11) is 0. The van der Waals surface area contributed by atoms with Crippen LogP contribution in [0.4, 0.5) is 5.69 Å². The third-order valence-electron chi connectivity index (χ3n) is 6.97. The van der Waals surface area contributed by atoms with E-state index in [9.17, 15) is 9.59 Å². The molecule has 2 aromatic rings. The molecule has 0 spiro atoms. The molecule has 2 amide bonds. The maximum absolute atomic E-state index is 12.8. The van der Waals surface area contributed by atoms with Crippen molar-refractivity contribution in [2.24, 2.45) is 11.8 Å². The summed E-state index contributed by atoms with van der Waals surface area (Å²) >= 11 is 0. The van der Waals surface area contributed by atoms with Crippen LogP contribution in [0.1, 0.15) is 37.3 Å². The number of hydrogen-bond donors (Lipinski definition) is 1. The van der Waals surface area contributed by atoms with Crippen molar-refractivity contribution in [2.75, 3.05) is 37.7 Å². The molecule has 0 bridgehead atoms. The molecule has 0 aromatic heterocycles. The summed E-state index contributed by atoms with van der Waals surface area (Å²) in [6.45, 7) is 7.51. The van der Waals surface area contributed by atoms with E-state index in [-0.39, 0.29) is 24.2 Å². The number of nitrogens with one attached hydrogen (secondary N) is 1. The smallest absolute Gasteiger partial charge is 0.227 e. The maximum atomic E-state index is 12.8. The van der Waals surface area contributed by atoms with E-state index in [0.29, 0.717) is 37.8 Å². The number of rotatable bonds is 6. The Labute approximate surface area is 201 Å². The van der Waals surface area contributed by atoms with Gasteiger partial charge in [-0.05, 0) is 48.6 Å². The Morgan fingerprint density at radius 2 is 1.79 bits per heavy atom. The molecule has 0 aliphatic carbocycles. The van der Waals surface area contributed by atoms with Crippen LogP contribution >= 0.6 is 0 Å². The number of benzene rings is 2. The summed E-state index contributed by atoms with van der Waals surface area (Å²) in [6, 6.07) is 14.0. The van der Waals surface area contributed by atoms with Gasteiger partial charge in [0.25, 0.3) is 0 Å². The van der Waals surface area contributed by atoms with E-state index in [1.165, 1.54) is 31.5 Å². The van der Waals surface area contributed by atoms with E-state index in [1.54, 1.807) is 4.90 Å². The second-order valence-corrected chi connectivity index (χ2v) is 9.75. The lowest BCUT2D eigenvalue weighted by Gasteiger charge is -2.30. The number of anilines is 1. The predicted octanol–water partition coefficient (Wildman–Crippen LogP) is 3.36. The van der Waals surface area contributed by atoms with Crippen LogP contribution in [-0.4, -0.2) is 49.6 Å². The van der Waals surface area contributed by atoms with Gasteiger partial charge >= 0.3 is 0 Å². The van der Waals surface area contributed by atoms with Crippen molar-refractivity contribution < 1.29 is 19.1 Å². The fraction of sp³-hybridized carbons (Fsp3) is 0.481. The molecule has 3 aliphatic heterocycles. The maximum Gasteiger partial charge on any atom is 0.227 e. The van der Waals surface area contributed by atoms with Gasteiger partial charge in [-0.15, -0.1) is 0 Å². The molecule has 5 rings (SSSR count). The van der Waals surface area contributed by atoms with Crippen LogP contribution in [0.5, 0.6) is 11.5 Å². The van der Waals surface area contributed by atoms with Gasteiger partial charge in [-0.2, -0.15) is 0 Å². The van der Waals surface area contributed by atoms with Crippen LogP contribution in [0.25, 0.3) is 0 Å². The van der Waals surface area contributed by atoms with E-state index >= 15 is 0 Å². The van der Waals surface area contributed by atoms with Crippen LogP contribution in [0.15, 0.2) is 42.5 Å². The van der Waals surface area contributed by atoms with Crippen molar-refractivity contribution in [1.29, 1.82) is 0 Å². The zero-order valence-corrected chi connectivity index (χ0v) is 19.8. The minimum Gasteiger partial charge on any atom is -0.486 e. The molecular weight excluding hydrogens is 430 g/mol. The molecule has 0 radical (unpaired) electrons. The molecule has 3 heterocycles. The van der Waals surface area contributed by atoms with Gasteiger partial charge in [-0.1, -0.05) is 31.2 Å². The summed E-state index contributed by atoms with van der Waals surface area (Å²) in [4.78, 5) is 29.6. The van der Waals surface area contributed by atoms with Gasteiger partial charge in [0.05, 0.1) is 5.92 Å². The van der Waals surface area contributed by atoms with Gasteiger partial charge in [0.15, 0.2) is 11.5 Å². The number of likely N-dealkylation sites (tertiary alicyclic amines) is 1. The van der Waals surface area contributed by atoms with Crippen molar-refractivity contribution >= 4 is 17.5 Å². The van der Waals surface area contributed by atoms with Gasteiger partial charge in [0.1, 0.15) is 13.2 Å². The summed E-state index contributed by atoms with van der Waals surface area (Å²) in [5.41, 5.74) is 3.11. The fourth-order valence-electron chi connectivity index (χ4n) is 5.12. The second-order valence-electron chi connectivity index (χ2n) is 9.75. The van der Waals surface area contributed by atoms with E-state index in [1.807, 2.05) is 18.2 Å². The monoisotopic (exact) mass is 463 g/mol. The third-order valence-corrected chi connectivity index (χ3v) is 6.97. The van der Waals surface area contributed by atoms with Crippen molar-refractivity contribution in [3.63, 3.8) is 0 Å². The topological polar surface area (TPSA) is 71.1 Å². The molecule has 7 nitrogen and oxygen atoms in total. The molecule has 180 valence electrons. The number of piperidine rings is 1. The first kappa shape index (κ1) is 22.7. The van der Waals surface area contributed by atoms with Gasteiger partial charge in [-0.3, -0.25) is 14.5 Å². The molecule has 2 saturated heterocycles. The molecule has 1 N–H and O–H groups in total. The van der Waals surface area contributed by atoms with Crippen molar-refractivity contribution in [2.45, 2.75) is 39.3 Å². The molecule has 2 unspecified atom stereocenters. The van der Waals surface area contributed by atoms with Crippen LogP contribution in [0, 0.1) is 11.8 Å². The van der Waals surface area contributed by atoms with Crippen LogP contribution in [0.3, 0.4) is 0 Å². The lowest BCUT2D eigenvalue weighted by molar-refractivity contribution is -0.126. The highest BCUT2D eigenvalue weighted by molar-refractivity contribution is 6.00. The molecule has 3 aliphatic rings. The SMILES string of the molecule is CC1CCCN(Cc2ccc(CNC(=O)C3CC(=O)N(c4ccc5c(c4)OCCO5)C3)cc2)C1. The highest BCUT2D eigenvalue weighted by atomic mass is 16.6. The zero-order chi connectivity index (χ0) is 23.5. The third kappa shape index (κ3) is 5.20. The quantitative estimate of drug-likeness (QED) is 0.711. The van der Waals surface area contributed by atoms with Gasteiger partial charge in [-0.25, -0.2) is 0 Å². The number of nitrogens with zero attached hydrogens (tertiary/aromatic N) is 2. The lowest BCUT2D eigenvalue weighted by atomic mass is 9.99. The van der Waals surface area contributed by atoms with Crippen molar-refractivity contribution in [3.05, 3.63) is 53.6 Å².